The standard InChI is InChI=1S/C26H24FN5O2/c1-16(33)32-10-7-18(8-11-32)17-2-4-22(5-3-17)30-25-24-19(6-9-29-26(24)34)13-23(31-25)20-12-21(27)15-28-14-20/h2-6,9,12-15,18H,7-8,10-11H2,1H3,(H,29,34)(H,30,31). The number of piperidine rings is 1. The highest BCUT2D eigenvalue weighted by atomic mass is 19.1. The van der Waals surface area contributed by atoms with Crippen LogP contribution in [0.2, 0.25) is 0 Å². The number of anilines is 2. The zero-order valence-electron chi connectivity index (χ0n) is 18.7. The number of nitrogens with one attached hydrogen (secondary N) is 2. The first-order valence-electron chi connectivity index (χ1n) is 11.2. The number of hydrogen-bond acceptors (Lipinski definition) is 5. The molecule has 0 bridgehead atoms. The summed E-state index contributed by atoms with van der Waals surface area (Å²) in [6, 6.07) is 13.0. The summed E-state index contributed by atoms with van der Waals surface area (Å²) >= 11 is 0. The molecule has 1 aliphatic rings. The number of hydrogen-bond donors (Lipinski definition) is 2. The zero-order chi connectivity index (χ0) is 23.7. The lowest BCUT2D eigenvalue weighted by atomic mass is 9.89. The van der Waals surface area contributed by atoms with Gasteiger partial charge < -0.3 is 15.2 Å². The molecule has 3 aromatic heterocycles. The molecule has 1 aromatic carbocycles. The third kappa shape index (κ3) is 4.39. The highest BCUT2D eigenvalue weighted by Gasteiger charge is 2.22. The topological polar surface area (TPSA) is 91.0 Å². The van der Waals surface area contributed by atoms with Crippen LogP contribution in [0.1, 0.15) is 31.2 Å². The maximum atomic E-state index is 13.8. The minimum atomic E-state index is -0.454. The van der Waals surface area contributed by atoms with Crippen LogP contribution in [0.15, 0.2) is 65.8 Å². The summed E-state index contributed by atoms with van der Waals surface area (Å²) in [5.41, 5.74) is 2.80. The molecule has 0 unspecified atom stereocenters. The Bertz CT molecular complexity index is 1410. The molecule has 0 aliphatic carbocycles. The quantitative estimate of drug-likeness (QED) is 0.468. The van der Waals surface area contributed by atoms with E-state index in [0.29, 0.717) is 33.8 Å². The van der Waals surface area contributed by atoms with Crippen LogP contribution < -0.4 is 10.9 Å². The average Bonchev–Trinajstić information content (AvgIpc) is 2.84. The number of aromatic amines is 1. The zero-order valence-corrected chi connectivity index (χ0v) is 18.7. The Hall–Kier alpha value is -4.07. The van der Waals surface area contributed by atoms with Crippen molar-refractivity contribution in [1.82, 2.24) is 19.9 Å². The molecule has 5 rings (SSSR count). The van der Waals surface area contributed by atoms with Crippen LogP contribution in [0.5, 0.6) is 0 Å². The molecule has 0 radical (unpaired) electrons. The van der Waals surface area contributed by atoms with Crippen LogP contribution in [0, 0.1) is 5.82 Å². The van der Waals surface area contributed by atoms with E-state index in [2.05, 4.69) is 32.4 Å². The molecule has 4 aromatic rings. The fourth-order valence-corrected chi connectivity index (χ4v) is 4.51. The molecular weight excluding hydrogens is 433 g/mol. The van der Waals surface area contributed by atoms with E-state index >= 15 is 0 Å². The molecule has 8 heteroatoms. The van der Waals surface area contributed by atoms with Crippen molar-refractivity contribution in [2.75, 3.05) is 18.4 Å². The lowest BCUT2D eigenvalue weighted by molar-refractivity contribution is -0.129. The predicted molar refractivity (Wildman–Crippen MR) is 130 cm³/mol. The summed E-state index contributed by atoms with van der Waals surface area (Å²) in [5.74, 6) is 0.477. The minimum absolute atomic E-state index is 0.129. The molecule has 0 saturated carbocycles. The maximum Gasteiger partial charge on any atom is 0.259 e. The van der Waals surface area contributed by atoms with Crippen molar-refractivity contribution in [2.45, 2.75) is 25.7 Å². The van der Waals surface area contributed by atoms with E-state index in [0.717, 1.165) is 37.8 Å². The fourth-order valence-electron chi connectivity index (χ4n) is 4.51. The Kier molecular flexibility index (Phi) is 5.79. The molecule has 2 N–H and O–H groups in total. The van der Waals surface area contributed by atoms with E-state index in [1.807, 2.05) is 17.0 Å². The van der Waals surface area contributed by atoms with Gasteiger partial charge in [-0.2, -0.15) is 0 Å². The van der Waals surface area contributed by atoms with Gasteiger partial charge in [0.1, 0.15) is 11.6 Å². The van der Waals surface area contributed by atoms with Gasteiger partial charge in [-0.05, 0) is 60.0 Å². The first-order valence-corrected chi connectivity index (χ1v) is 11.2. The first-order chi connectivity index (χ1) is 16.5. The van der Waals surface area contributed by atoms with Crippen molar-refractivity contribution in [3.8, 4) is 11.3 Å². The molecule has 0 spiro atoms. The number of rotatable bonds is 4. The van der Waals surface area contributed by atoms with Crippen molar-refractivity contribution in [2.24, 2.45) is 0 Å². The van der Waals surface area contributed by atoms with Gasteiger partial charge in [0.2, 0.25) is 5.91 Å². The second-order valence-corrected chi connectivity index (χ2v) is 8.55. The Morgan fingerprint density at radius 1 is 1.12 bits per heavy atom. The van der Waals surface area contributed by atoms with Crippen LogP contribution in [0.25, 0.3) is 22.0 Å². The Balaban J connectivity index is 1.44. The molecule has 1 amide bonds. The summed E-state index contributed by atoms with van der Waals surface area (Å²) < 4.78 is 13.8. The molecule has 4 heterocycles. The van der Waals surface area contributed by atoms with Crippen molar-refractivity contribution in [1.29, 1.82) is 0 Å². The fraction of sp³-hybridized carbons (Fsp3) is 0.231. The predicted octanol–water partition coefficient (Wildman–Crippen LogP) is 4.59. The van der Waals surface area contributed by atoms with E-state index in [1.165, 1.54) is 11.6 Å². The maximum absolute atomic E-state index is 13.8. The number of H-pyrrole nitrogens is 1. The molecule has 0 atom stereocenters. The van der Waals surface area contributed by atoms with Crippen molar-refractivity contribution >= 4 is 28.2 Å². The molecule has 1 aliphatic heterocycles. The number of halogens is 1. The van der Waals surface area contributed by atoms with Crippen molar-refractivity contribution in [3.05, 3.63) is 82.8 Å². The minimum Gasteiger partial charge on any atom is -0.343 e. The SMILES string of the molecule is CC(=O)N1CCC(c2ccc(Nc3nc(-c4cncc(F)c4)cc4cc[nH]c(=O)c34)cc2)CC1. The van der Waals surface area contributed by atoms with Crippen LogP contribution in [-0.2, 0) is 4.79 Å². The van der Waals surface area contributed by atoms with Crippen molar-refractivity contribution < 1.29 is 9.18 Å². The third-order valence-corrected chi connectivity index (χ3v) is 6.34. The average molecular weight is 458 g/mol. The highest BCUT2D eigenvalue weighted by Crippen LogP contribution is 2.31. The number of fused-ring (bicyclic) bond motifs is 1. The second-order valence-electron chi connectivity index (χ2n) is 8.55. The van der Waals surface area contributed by atoms with Gasteiger partial charge in [-0.3, -0.25) is 14.6 Å². The largest absolute Gasteiger partial charge is 0.343 e. The number of nitrogens with zero attached hydrogens (tertiary/aromatic N) is 3. The molecular formula is C26H24FN5O2. The van der Waals surface area contributed by atoms with E-state index in [4.69, 9.17) is 0 Å². The van der Waals surface area contributed by atoms with Gasteiger partial charge in [-0.1, -0.05) is 12.1 Å². The Labute approximate surface area is 195 Å². The number of likely N-dealkylation sites (tertiary alicyclic amines) is 1. The van der Waals surface area contributed by atoms with Crippen LogP contribution in [0.4, 0.5) is 15.9 Å². The van der Waals surface area contributed by atoms with Gasteiger partial charge in [0, 0.05) is 43.7 Å². The summed E-state index contributed by atoms with van der Waals surface area (Å²) in [7, 11) is 0. The smallest absolute Gasteiger partial charge is 0.259 e. The number of carbonyl (C=O) groups excluding carboxylic acids is 1. The lowest BCUT2D eigenvalue weighted by Gasteiger charge is -2.31. The summed E-state index contributed by atoms with van der Waals surface area (Å²) in [6.07, 6.45) is 6.14. The molecule has 1 fully saturated rings. The molecule has 172 valence electrons. The van der Waals surface area contributed by atoms with E-state index in [9.17, 15) is 14.0 Å². The number of benzene rings is 1. The van der Waals surface area contributed by atoms with Gasteiger partial charge in [-0.15, -0.1) is 0 Å². The summed E-state index contributed by atoms with van der Waals surface area (Å²) in [6.45, 7) is 3.17. The number of pyridine rings is 3. The van der Waals surface area contributed by atoms with E-state index in [-0.39, 0.29) is 11.5 Å². The van der Waals surface area contributed by atoms with Crippen LogP contribution in [-0.4, -0.2) is 38.8 Å². The van der Waals surface area contributed by atoms with Crippen LogP contribution in [0.3, 0.4) is 0 Å². The van der Waals surface area contributed by atoms with Gasteiger partial charge in [0.05, 0.1) is 17.3 Å². The first kappa shape index (κ1) is 21.8. The van der Waals surface area contributed by atoms with E-state index in [1.54, 1.807) is 31.5 Å². The van der Waals surface area contributed by atoms with Gasteiger partial charge in [0.25, 0.3) is 5.56 Å². The summed E-state index contributed by atoms with van der Waals surface area (Å²) in [5, 5.41) is 4.38. The lowest BCUT2D eigenvalue weighted by Crippen LogP contribution is -2.36. The van der Waals surface area contributed by atoms with Gasteiger partial charge in [-0.25, -0.2) is 9.37 Å². The van der Waals surface area contributed by atoms with E-state index < -0.39 is 5.82 Å². The molecule has 1 saturated heterocycles. The molecule has 7 nitrogen and oxygen atoms in total. The number of carbonyl (C=O) groups is 1. The monoisotopic (exact) mass is 457 g/mol. The van der Waals surface area contributed by atoms with Gasteiger partial charge >= 0.3 is 0 Å². The summed E-state index contributed by atoms with van der Waals surface area (Å²) in [4.78, 5) is 37.3. The van der Waals surface area contributed by atoms with Crippen LogP contribution >= 0.6 is 0 Å². The Morgan fingerprint density at radius 2 is 1.88 bits per heavy atom. The third-order valence-electron chi connectivity index (χ3n) is 6.34. The second kappa shape index (κ2) is 9.05. The Morgan fingerprint density at radius 3 is 2.59 bits per heavy atom. The van der Waals surface area contributed by atoms with Crippen molar-refractivity contribution in [3.63, 3.8) is 0 Å². The number of aromatic nitrogens is 3. The molecule has 34 heavy (non-hydrogen) atoms. The number of amides is 1. The highest BCUT2D eigenvalue weighted by molar-refractivity contribution is 5.95. The van der Waals surface area contributed by atoms with Gasteiger partial charge in [0.15, 0.2) is 0 Å². The normalized spacial score (nSPS) is 14.4.